The van der Waals surface area contributed by atoms with Gasteiger partial charge in [-0.15, -0.1) is 0 Å². The molecule has 0 aromatic carbocycles. The number of hydrogen-bond donors (Lipinski definition) is 7. The Morgan fingerprint density at radius 1 is 0.479 bits per heavy atom. The molecule has 2 heterocycles. The van der Waals surface area contributed by atoms with Gasteiger partial charge in [-0.05, 0) is 57.8 Å². The lowest BCUT2D eigenvalue weighted by atomic mass is 9.98. The zero-order valence-electron chi connectivity index (χ0n) is 43.9. The zero-order valence-corrected chi connectivity index (χ0v) is 43.9. The van der Waals surface area contributed by atoms with E-state index in [0.717, 1.165) is 83.5 Å². The number of carbonyl (C=O) groups excluding carboxylic acids is 1. The minimum Gasteiger partial charge on any atom is -0.457 e. The number of unbranched alkanes of at least 4 members (excludes halogenated alkanes) is 20. The van der Waals surface area contributed by atoms with Crippen molar-refractivity contribution in [1.82, 2.24) is 0 Å². The van der Waals surface area contributed by atoms with Crippen LogP contribution in [0.2, 0.25) is 0 Å². The fourth-order valence-corrected chi connectivity index (χ4v) is 8.55. The molecule has 7 N–H and O–H groups in total. The van der Waals surface area contributed by atoms with Crippen LogP contribution < -0.4 is 0 Å². The molecule has 0 aromatic rings. The number of carbonyl (C=O) groups is 1. The molecule has 0 aliphatic carbocycles. The Morgan fingerprint density at radius 3 is 1.44 bits per heavy atom. The number of allylic oxidation sites excluding steroid dienone is 10. The Labute approximate surface area is 428 Å². The summed E-state index contributed by atoms with van der Waals surface area (Å²) >= 11 is 0. The molecule has 71 heavy (non-hydrogen) atoms. The van der Waals surface area contributed by atoms with E-state index in [-0.39, 0.29) is 19.6 Å². The smallest absolute Gasteiger partial charge is 0.306 e. The molecule has 0 radical (unpaired) electrons. The van der Waals surface area contributed by atoms with Gasteiger partial charge in [-0.2, -0.15) is 0 Å². The van der Waals surface area contributed by atoms with Gasteiger partial charge in [0.15, 0.2) is 12.6 Å². The van der Waals surface area contributed by atoms with E-state index in [0.29, 0.717) is 13.0 Å². The molecule has 0 spiro atoms. The second kappa shape index (κ2) is 44.0. The van der Waals surface area contributed by atoms with E-state index < -0.39 is 86.7 Å². The van der Waals surface area contributed by atoms with Crippen LogP contribution in [0.25, 0.3) is 0 Å². The Kier molecular flexibility index (Phi) is 40.2. The van der Waals surface area contributed by atoms with E-state index in [9.17, 15) is 40.5 Å². The summed E-state index contributed by atoms with van der Waals surface area (Å²) < 4.78 is 34.3. The van der Waals surface area contributed by atoms with Crippen LogP contribution in [-0.4, -0.2) is 142 Å². The first kappa shape index (κ1) is 64.8. The van der Waals surface area contributed by atoms with Crippen molar-refractivity contribution in [2.24, 2.45) is 0 Å². The second-order valence-corrected chi connectivity index (χ2v) is 19.4. The molecule has 2 saturated heterocycles. The van der Waals surface area contributed by atoms with Gasteiger partial charge in [-0.25, -0.2) is 0 Å². The van der Waals surface area contributed by atoms with Crippen molar-refractivity contribution in [3.63, 3.8) is 0 Å². The number of aliphatic hydroxyl groups excluding tert-OH is 7. The first-order valence-electron chi connectivity index (χ1n) is 27.9. The van der Waals surface area contributed by atoms with Crippen molar-refractivity contribution in [2.75, 3.05) is 33.0 Å². The molecule has 11 atom stereocenters. The van der Waals surface area contributed by atoms with Crippen LogP contribution in [-0.2, 0) is 33.2 Å². The van der Waals surface area contributed by atoms with Crippen molar-refractivity contribution >= 4 is 5.97 Å². The molecule has 0 saturated carbocycles. The van der Waals surface area contributed by atoms with Gasteiger partial charge < -0.3 is 64.2 Å². The van der Waals surface area contributed by atoms with Gasteiger partial charge in [0.25, 0.3) is 0 Å². The second-order valence-electron chi connectivity index (χ2n) is 19.4. The number of ether oxygens (including phenoxy) is 6. The van der Waals surface area contributed by atoms with Crippen molar-refractivity contribution in [3.05, 3.63) is 60.8 Å². The Balaban J connectivity index is 1.75. The molecule has 0 amide bonds. The average molecular weight is 1010 g/mol. The minimum absolute atomic E-state index is 0.0535. The molecular weight excluding hydrogens is 909 g/mol. The van der Waals surface area contributed by atoms with Gasteiger partial charge in [0, 0.05) is 13.0 Å². The summed E-state index contributed by atoms with van der Waals surface area (Å²) in [4.78, 5) is 13.1. The van der Waals surface area contributed by atoms with Gasteiger partial charge >= 0.3 is 5.97 Å². The van der Waals surface area contributed by atoms with E-state index in [1.54, 1.807) is 0 Å². The number of aliphatic hydroxyl groups is 7. The molecule has 2 fully saturated rings. The summed E-state index contributed by atoms with van der Waals surface area (Å²) in [6.07, 6.45) is 37.0. The Bertz CT molecular complexity index is 1400. The molecule has 2 rings (SSSR count). The lowest BCUT2D eigenvalue weighted by Gasteiger charge is -2.42. The van der Waals surface area contributed by atoms with E-state index in [1.807, 2.05) is 0 Å². The molecule has 11 unspecified atom stereocenters. The molecule has 0 bridgehead atoms. The molecule has 412 valence electrons. The van der Waals surface area contributed by atoms with E-state index in [2.05, 4.69) is 74.6 Å². The van der Waals surface area contributed by atoms with Crippen LogP contribution in [0.4, 0.5) is 0 Å². The number of rotatable bonds is 44. The maximum absolute atomic E-state index is 13.1. The topological polar surface area (TPSA) is 214 Å². The highest BCUT2D eigenvalue weighted by Crippen LogP contribution is 2.26. The van der Waals surface area contributed by atoms with E-state index in [1.165, 1.54) is 83.5 Å². The van der Waals surface area contributed by atoms with Gasteiger partial charge in [0.2, 0.25) is 0 Å². The maximum Gasteiger partial charge on any atom is 0.306 e. The van der Waals surface area contributed by atoms with Crippen LogP contribution in [0, 0.1) is 0 Å². The zero-order chi connectivity index (χ0) is 51.6. The average Bonchev–Trinajstić information content (AvgIpc) is 3.37. The Hall–Kier alpha value is -2.31. The van der Waals surface area contributed by atoms with E-state index >= 15 is 0 Å². The highest BCUT2D eigenvalue weighted by molar-refractivity contribution is 5.69. The quantitative estimate of drug-likeness (QED) is 0.0172. The monoisotopic (exact) mass is 1010 g/mol. The predicted molar refractivity (Wildman–Crippen MR) is 279 cm³/mol. The van der Waals surface area contributed by atoms with Gasteiger partial charge in [-0.3, -0.25) is 4.79 Å². The van der Waals surface area contributed by atoms with Crippen molar-refractivity contribution < 1.29 is 69.0 Å². The fourth-order valence-electron chi connectivity index (χ4n) is 8.55. The first-order chi connectivity index (χ1) is 34.6. The van der Waals surface area contributed by atoms with Crippen LogP contribution in [0.1, 0.15) is 194 Å². The van der Waals surface area contributed by atoms with Crippen LogP contribution in [0.15, 0.2) is 60.8 Å². The summed E-state index contributed by atoms with van der Waals surface area (Å²) in [5.41, 5.74) is 0. The molecule has 14 nitrogen and oxygen atoms in total. The first-order valence-corrected chi connectivity index (χ1v) is 27.9. The van der Waals surface area contributed by atoms with Crippen LogP contribution >= 0.6 is 0 Å². The summed E-state index contributed by atoms with van der Waals surface area (Å²) in [6.45, 7) is 3.56. The van der Waals surface area contributed by atoms with Gasteiger partial charge in [0.05, 0.1) is 26.4 Å². The highest BCUT2D eigenvalue weighted by atomic mass is 16.7. The maximum atomic E-state index is 13.1. The normalized spacial score (nSPS) is 25.8. The van der Waals surface area contributed by atoms with Gasteiger partial charge in [-0.1, -0.05) is 190 Å². The standard InChI is InChI=1S/C57H100O14/c1-3-5-7-9-11-13-15-17-19-21-22-23-24-25-26-28-30-32-34-36-38-40-49(59)69-46(43-66-41-39-37-35-33-31-29-27-20-18-16-14-12-10-8-6-4-2)44-67-56-55(65)53(63)51(61)48(71-56)45-68-57-54(64)52(62)50(60)47(42-58)70-57/h5,7,11,13,17,19,22-23,25-26,46-48,50-58,60-65H,3-4,6,8-10,12,14-16,18,20-21,24,27-45H2,1-2H3/b7-5-,13-11-,19-17-,23-22-,26-25-. The third kappa shape index (κ3) is 31.2. The third-order valence-corrected chi connectivity index (χ3v) is 13.0. The lowest BCUT2D eigenvalue weighted by molar-refractivity contribution is -0.332. The summed E-state index contributed by atoms with van der Waals surface area (Å²) in [5.74, 6) is -0.394. The molecule has 2 aliphatic rings. The SMILES string of the molecule is CC/C=C\C/C=C\C/C=C\C/C=C\C/C=C\CCCCCCCC(=O)OC(COCCCCCCCCCCCCCCCCCC)COC1OC(COC2OC(CO)C(O)C(O)C2O)C(O)C(O)C1O. The summed E-state index contributed by atoms with van der Waals surface area (Å²) in [5, 5.41) is 72.3. The predicted octanol–water partition coefficient (Wildman–Crippen LogP) is 9.30. The Morgan fingerprint density at radius 2 is 0.915 bits per heavy atom. The molecular formula is C57H100O14. The van der Waals surface area contributed by atoms with Crippen molar-refractivity contribution in [3.8, 4) is 0 Å². The molecule has 2 aliphatic heterocycles. The number of hydrogen-bond acceptors (Lipinski definition) is 14. The fraction of sp³-hybridized carbons (Fsp3) is 0.807. The van der Waals surface area contributed by atoms with Crippen LogP contribution in [0.3, 0.4) is 0 Å². The van der Waals surface area contributed by atoms with Crippen molar-refractivity contribution in [1.29, 1.82) is 0 Å². The lowest BCUT2D eigenvalue weighted by Crippen LogP contribution is -2.61. The van der Waals surface area contributed by atoms with E-state index in [4.69, 9.17) is 28.4 Å². The summed E-state index contributed by atoms with van der Waals surface area (Å²) in [6, 6.07) is 0. The molecule has 0 aromatic heterocycles. The minimum atomic E-state index is -1.71. The van der Waals surface area contributed by atoms with Crippen LogP contribution in [0.5, 0.6) is 0 Å². The van der Waals surface area contributed by atoms with Gasteiger partial charge in [0.1, 0.15) is 54.9 Å². The van der Waals surface area contributed by atoms with Crippen molar-refractivity contribution in [2.45, 2.75) is 261 Å². The summed E-state index contributed by atoms with van der Waals surface area (Å²) in [7, 11) is 0. The largest absolute Gasteiger partial charge is 0.457 e. The third-order valence-electron chi connectivity index (χ3n) is 13.0. The number of esters is 1. The highest BCUT2D eigenvalue weighted by Gasteiger charge is 2.47. The molecule has 14 heteroatoms.